The third-order valence-corrected chi connectivity index (χ3v) is 3.60. The lowest BCUT2D eigenvalue weighted by Gasteiger charge is -2.17. The molecule has 1 amide bonds. The van der Waals surface area contributed by atoms with E-state index in [2.05, 4.69) is 20.9 Å². The van der Waals surface area contributed by atoms with Crippen molar-refractivity contribution in [1.82, 2.24) is 9.88 Å². The van der Waals surface area contributed by atoms with Crippen LogP contribution in [0.3, 0.4) is 0 Å². The van der Waals surface area contributed by atoms with Crippen LogP contribution >= 0.6 is 15.9 Å². The van der Waals surface area contributed by atoms with Crippen molar-refractivity contribution < 1.29 is 9.90 Å². The first-order chi connectivity index (χ1) is 8.08. The highest BCUT2D eigenvalue weighted by atomic mass is 79.9. The van der Waals surface area contributed by atoms with Gasteiger partial charge in [0.05, 0.1) is 6.10 Å². The number of aliphatic hydroxyl groups is 1. The average molecular weight is 299 g/mol. The Morgan fingerprint density at radius 3 is 3.06 bits per heavy atom. The minimum absolute atomic E-state index is 0.0104. The van der Waals surface area contributed by atoms with Crippen molar-refractivity contribution in [2.45, 2.75) is 19.4 Å². The van der Waals surface area contributed by atoms with Gasteiger partial charge < -0.3 is 10.0 Å². The molecule has 0 saturated carbocycles. The first-order valence-corrected chi connectivity index (χ1v) is 6.46. The molecule has 0 bridgehead atoms. The largest absolute Gasteiger partial charge is 0.393 e. The highest BCUT2D eigenvalue weighted by molar-refractivity contribution is 9.10. The molecule has 1 aromatic heterocycles. The number of likely N-dealkylation sites (tertiary alicyclic amines) is 1. The summed E-state index contributed by atoms with van der Waals surface area (Å²) >= 11 is 3.25. The van der Waals surface area contributed by atoms with Gasteiger partial charge in [0, 0.05) is 30.8 Å². The van der Waals surface area contributed by atoms with Crippen LogP contribution in [0.5, 0.6) is 0 Å². The summed E-state index contributed by atoms with van der Waals surface area (Å²) in [6.07, 6.45) is 2.13. The fourth-order valence-electron chi connectivity index (χ4n) is 2.08. The number of amides is 1. The van der Waals surface area contributed by atoms with E-state index in [9.17, 15) is 9.90 Å². The monoisotopic (exact) mass is 298 g/mol. The standard InChI is InChI=1S/C12H15BrN2O2/c1-8(16)10-3-5-15(7-10)12(17)9-2-4-14-11(13)6-9/h2,4,6,8,10,16H,3,5,7H2,1H3. The number of hydrogen-bond donors (Lipinski definition) is 1. The maximum absolute atomic E-state index is 12.2. The molecule has 2 heterocycles. The Hall–Kier alpha value is -0.940. The Kier molecular flexibility index (Phi) is 3.79. The zero-order chi connectivity index (χ0) is 12.4. The second-order valence-corrected chi connectivity index (χ2v) is 5.22. The van der Waals surface area contributed by atoms with E-state index in [1.165, 1.54) is 0 Å². The fraction of sp³-hybridized carbons (Fsp3) is 0.500. The lowest BCUT2D eigenvalue weighted by Crippen LogP contribution is -2.30. The molecule has 0 radical (unpaired) electrons. The van der Waals surface area contributed by atoms with Gasteiger partial charge in [-0.25, -0.2) is 4.98 Å². The van der Waals surface area contributed by atoms with E-state index in [1.54, 1.807) is 30.2 Å². The molecule has 1 saturated heterocycles. The van der Waals surface area contributed by atoms with Crippen molar-refractivity contribution in [3.63, 3.8) is 0 Å². The second-order valence-electron chi connectivity index (χ2n) is 4.41. The summed E-state index contributed by atoms with van der Waals surface area (Å²) in [7, 11) is 0. The summed E-state index contributed by atoms with van der Waals surface area (Å²) in [6, 6.07) is 3.43. The molecule has 1 N–H and O–H groups in total. The number of nitrogens with zero attached hydrogens (tertiary/aromatic N) is 2. The molecule has 0 aliphatic carbocycles. The molecule has 0 aromatic carbocycles. The van der Waals surface area contributed by atoms with Crippen LogP contribution in [-0.4, -0.2) is 40.1 Å². The van der Waals surface area contributed by atoms with Crippen molar-refractivity contribution in [3.8, 4) is 0 Å². The maximum Gasteiger partial charge on any atom is 0.254 e. The average Bonchev–Trinajstić information content (AvgIpc) is 2.77. The van der Waals surface area contributed by atoms with Crippen LogP contribution in [0.15, 0.2) is 22.9 Å². The number of hydrogen-bond acceptors (Lipinski definition) is 3. The zero-order valence-electron chi connectivity index (χ0n) is 9.64. The smallest absolute Gasteiger partial charge is 0.254 e. The molecule has 1 aromatic rings. The lowest BCUT2D eigenvalue weighted by molar-refractivity contribution is 0.0762. The molecule has 2 unspecified atom stereocenters. The Balaban J connectivity index is 2.07. The van der Waals surface area contributed by atoms with E-state index in [-0.39, 0.29) is 17.9 Å². The van der Waals surface area contributed by atoms with Gasteiger partial charge in [0.2, 0.25) is 0 Å². The van der Waals surface area contributed by atoms with Gasteiger partial charge >= 0.3 is 0 Å². The third-order valence-electron chi connectivity index (χ3n) is 3.17. The Morgan fingerprint density at radius 2 is 2.47 bits per heavy atom. The summed E-state index contributed by atoms with van der Waals surface area (Å²) in [4.78, 5) is 18.0. The van der Waals surface area contributed by atoms with Gasteiger partial charge in [0.1, 0.15) is 4.60 Å². The zero-order valence-corrected chi connectivity index (χ0v) is 11.2. The molecule has 5 heteroatoms. The molecule has 92 valence electrons. The van der Waals surface area contributed by atoms with Crippen LogP contribution in [0.25, 0.3) is 0 Å². The number of aliphatic hydroxyl groups excluding tert-OH is 1. The summed E-state index contributed by atoms with van der Waals surface area (Å²) in [6.45, 7) is 3.13. The second kappa shape index (κ2) is 5.14. The third kappa shape index (κ3) is 2.84. The molecule has 4 nitrogen and oxygen atoms in total. The first-order valence-electron chi connectivity index (χ1n) is 5.67. The van der Waals surface area contributed by atoms with Crippen molar-refractivity contribution in [1.29, 1.82) is 0 Å². The Morgan fingerprint density at radius 1 is 1.71 bits per heavy atom. The van der Waals surface area contributed by atoms with Gasteiger partial charge in [-0.05, 0) is 41.4 Å². The number of halogens is 1. The van der Waals surface area contributed by atoms with Crippen molar-refractivity contribution >= 4 is 21.8 Å². The van der Waals surface area contributed by atoms with Crippen LogP contribution < -0.4 is 0 Å². The van der Waals surface area contributed by atoms with Gasteiger partial charge in [-0.2, -0.15) is 0 Å². The number of aromatic nitrogens is 1. The number of rotatable bonds is 2. The predicted octanol–water partition coefficient (Wildman–Crippen LogP) is 1.69. The molecule has 2 rings (SSSR count). The van der Waals surface area contributed by atoms with E-state index in [0.29, 0.717) is 23.3 Å². The van der Waals surface area contributed by atoms with Crippen LogP contribution in [0.2, 0.25) is 0 Å². The van der Waals surface area contributed by atoms with Crippen LogP contribution in [-0.2, 0) is 0 Å². The fourth-order valence-corrected chi connectivity index (χ4v) is 2.45. The van der Waals surface area contributed by atoms with Gasteiger partial charge in [0.15, 0.2) is 0 Å². The number of carbonyl (C=O) groups excluding carboxylic acids is 1. The Bertz CT molecular complexity index is 423. The SMILES string of the molecule is CC(O)C1CCN(C(=O)c2ccnc(Br)c2)C1. The molecule has 17 heavy (non-hydrogen) atoms. The molecular weight excluding hydrogens is 284 g/mol. The molecule has 1 fully saturated rings. The number of pyridine rings is 1. The molecule has 1 aliphatic heterocycles. The summed E-state index contributed by atoms with van der Waals surface area (Å²) in [5, 5.41) is 9.51. The van der Waals surface area contributed by atoms with Crippen LogP contribution in [0.4, 0.5) is 0 Å². The quantitative estimate of drug-likeness (QED) is 0.846. The topological polar surface area (TPSA) is 53.4 Å². The minimum atomic E-state index is -0.350. The van der Waals surface area contributed by atoms with Crippen molar-refractivity contribution in [2.75, 3.05) is 13.1 Å². The van der Waals surface area contributed by atoms with E-state index < -0.39 is 0 Å². The van der Waals surface area contributed by atoms with Gasteiger partial charge in [-0.3, -0.25) is 4.79 Å². The highest BCUT2D eigenvalue weighted by Crippen LogP contribution is 2.22. The van der Waals surface area contributed by atoms with Crippen molar-refractivity contribution in [2.24, 2.45) is 5.92 Å². The molecule has 1 aliphatic rings. The summed E-state index contributed by atoms with van der Waals surface area (Å²) in [5.74, 6) is 0.209. The normalized spacial score (nSPS) is 21.6. The van der Waals surface area contributed by atoms with Gasteiger partial charge in [-0.1, -0.05) is 0 Å². The lowest BCUT2D eigenvalue weighted by atomic mass is 10.0. The molecule has 0 spiro atoms. The predicted molar refractivity (Wildman–Crippen MR) is 67.6 cm³/mol. The highest BCUT2D eigenvalue weighted by Gasteiger charge is 2.29. The van der Waals surface area contributed by atoms with E-state index in [0.717, 1.165) is 6.42 Å². The van der Waals surface area contributed by atoms with Crippen molar-refractivity contribution in [3.05, 3.63) is 28.5 Å². The molecule has 2 atom stereocenters. The Labute approximate surface area is 109 Å². The summed E-state index contributed by atoms with van der Waals surface area (Å²) < 4.78 is 0.662. The van der Waals surface area contributed by atoms with E-state index in [1.807, 2.05) is 0 Å². The summed E-state index contributed by atoms with van der Waals surface area (Å²) in [5.41, 5.74) is 0.637. The maximum atomic E-state index is 12.2. The van der Waals surface area contributed by atoms with Gasteiger partial charge in [-0.15, -0.1) is 0 Å². The van der Waals surface area contributed by atoms with Crippen LogP contribution in [0, 0.1) is 5.92 Å². The van der Waals surface area contributed by atoms with Crippen LogP contribution in [0.1, 0.15) is 23.7 Å². The molecular formula is C12H15BrN2O2. The first kappa shape index (κ1) is 12.5. The minimum Gasteiger partial charge on any atom is -0.393 e. The van der Waals surface area contributed by atoms with E-state index in [4.69, 9.17) is 0 Å². The van der Waals surface area contributed by atoms with Gasteiger partial charge in [0.25, 0.3) is 5.91 Å². The number of carbonyl (C=O) groups is 1. The van der Waals surface area contributed by atoms with E-state index >= 15 is 0 Å².